The van der Waals surface area contributed by atoms with Crippen molar-refractivity contribution in [3.63, 3.8) is 0 Å². The summed E-state index contributed by atoms with van der Waals surface area (Å²) in [6.45, 7) is 2.09. The molecule has 10 nitrogen and oxygen atoms in total. The molecular formula is C33H34FN5O5. The standard InChI is InChI=1S/C33H34FN5O5/c1-42-26-6-4-5-24(19-26)33(41)39(21-23-7-9-25(34)10-8-23)22-32(40)38-17-15-37(16-18-38)31-14-13-29(35-36-31)28-12-11-27(43-2)20-30(28)44-3/h4-14,19-20H,15-18,21-22H2,1-3H3. The van der Waals surface area contributed by atoms with E-state index in [2.05, 4.69) is 15.1 Å². The summed E-state index contributed by atoms with van der Waals surface area (Å²) >= 11 is 0. The molecule has 11 heteroatoms. The number of carbonyl (C=O) groups is 2. The quantitative estimate of drug-likeness (QED) is 0.266. The maximum atomic E-state index is 13.5. The fraction of sp³-hybridized carbons (Fsp3) is 0.273. The van der Waals surface area contributed by atoms with Crippen LogP contribution in [-0.4, -0.2) is 85.9 Å². The summed E-state index contributed by atoms with van der Waals surface area (Å²) < 4.78 is 29.6. The number of nitrogens with zero attached hydrogens (tertiary/aromatic N) is 5. The van der Waals surface area contributed by atoms with Crippen molar-refractivity contribution in [2.45, 2.75) is 6.54 Å². The molecule has 0 bridgehead atoms. The molecule has 0 atom stereocenters. The van der Waals surface area contributed by atoms with E-state index in [0.717, 1.165) is 11.1 Å². The number of methoxy groups -OCH3 is 3. The highest BCUT2D eigenvalue weighted by Gasteiger charge is 2.26. The zero-order valence-corrected chi connectivity index (χ0v) is 24.9. The minimum atomic E-state index is -0.367. The highest BCUT2D eigenvalue weighted by Crippen LogP contribution is 2.32. The number of aromatic nitrogens is 2. The first-order chi connectivity index (χ1) is 21.4. The number of anilines is 1. The van der Waals surface area contributed by atoms with E-state index in [0.29, 0.717) is 60.5 Å². The lowest BCUT2D eigenvalue weighted by Crippen LogP contribution is -2.52. The number of hydrogen-bond donors (Lipinski definition) is 0. The van der Waals surface area contributed by atoms with Crippen molar-refractivity contribution in [2.24, 2.45) is 0 Å². The maximum Gasteiger partial charge on any atom is 0.254 e. The van der Waals surface area contributed by atoms with Gasteiger partial charge in [0, 0.05) is 49.9 Å². The van der Waals surface area contributed by atoms with Gasteiger partial charge in [0.2, 0.25) is 5.91 Å². The SMILES string of the molecule is COc1cccc(C(=O)N(CC(=O)N2CCN(c3ccc(-c4ccc(OC)cc4OC)nn3)CC2)Cc2ccc(F)cc2)c1. The molecule has 2 amide bonds. The first-order valence-corrected chi connectivity index (χ1v) is 14.1. The average Bonchev–Trinajstić information content (AvgIpc) is 3.08. The van der Waals surface area contributed by atoms with E-state index < -0.39 is 0 Å². The molecule has 1 saturated heterocycles. The zero-order chi connectivity index (χ0) is 31.1. The van der Waals surface area contributed by atoms with Gasteiger partial charge in [-0.1, -0.05) is 18.2 Å². The molecule has 0 unspecified atom stereocenters. The van der Waals surface area contributed by atoms with Gasteiger partial charge in [-0.05, 0) is 60.2 Å². The van der Waals surface area contributed by atoms with Crippen LogP contribution >= 0.6 is 0 Å². The van der Waals surface area contributed by atoms with E-state index in [9.17, 15) is 14.0 Å². The summed E-state index contributed by atoms with van der Waals surface area (Å²) in [5.41, 5.74) is 2.59. The second-order valence-electron chi connectivity index (χ2n) is 10.2. The van der Waals surface area contributed by atoms with Gasteiger partial charge in [0.25, 0.3) is 5.91 Å². The predicted molar refractivity (Wildman–Crippen MR) is 163 cm³/mol. The molecular weight excluding hydrogens is 565 g/mol. The third-order valence-electron chi connectivity index (χ3n) is 7.51. The summed E-state index contributed by atoms with van der Waals surface area (Å²) in [5, 5.41) is 8.85. The Balaban J connectivity index is 1.24. The molecule has 3 aromatic carbocycles. The molecule has 0 N–H and O–H groups in total. The van der Waals surface area contributed by atoms with Crippen LogP contribution in [0.4, 0.5) is 10.2 Å². The highest BCUT2D eigenvalue weighted by atomic mass is 19.1. The third-order valence-corrected chi connectivity index (χ3v) is 7.51. The van der Waals surface area contributed by atoms with Gasteiger partial charge in [-0.25, -0.2) is 4.39 Å². The number of amides is 2. The summed E-state index contributed by atoms with van der Waals surface area (Å²) in [4.78, 5) is 32.3. The van der Waals surface area contributed by atoms with E-state index in [1.807, 2.05) is 24.3 Å². The summed E-state index contributed by atoms with van der Waals surface area (Å²) in [5.74, 6) is 1.72. The Morgan fingerprint density at radius 1 is 0.818 bits per heavy atom. The van der Waals surface area contributed by atoms with Crippen molar-refractivity contribution in [1.29, 1.82) is 0 Å². The van der Waals surface area contributed by atoms with E-state index in [1.165, 1.54) is 24.1 Å². The number of rotatable bonds is 10. The van der Waals surface area contributed by atoms with Gasteiger partial charge in [0.15, 0.2) is 5.82 Å². The fourth-order valence-corrected chi connectivity index (χ4v) is 5.04. The van der Waals surface area contributed by atoms with E-state index in [-0.39, 0.29) is 30.7 Å². The summed E-state index contributed by atoms with van der Waals surface area (Å²) in [6.07, 6.45) is 0. The Morgan fingerprint density at radius 2 is 1.55 bits per heavy atom. The third kappa shape index (κ3) is 7.05. The van der Waals surface area contributed by atoms with Crippen LogP contribution in [0.15, 0.2) is 78.9 Å². The minimum absolute atomic E-state index is 0.119. The second-order valence-corrected chi connectivity index (χ2v) is 10.2. The molecule has 1 aliphatic rings. The first-order valence-electron chi connectivity index (χ1n) is 14.1. The number of ether oxygens (including phenoxy) is 3. The number of halogens is 1. The van der Waals surface area contributed by atoms with Crippen LogP contribution in [0.3, 0.4) is 0 Å². The largest absolute Gasteiger partial charge is 0.497 e. The van der Waals surface area contributed by atoms with Crippen LogP contribution in [0.2, 0.25) is 0 Å². The number of hydrogen-bond acceptors (Lipinski definition) is 8. The van der Waals surface area contributed by atoms with Crippen molar-refractivity contribution >= 4 is 17.6 Å². The molecule has 1 aromatic heterocycles. The normalized spacial score (nSPS) is 12.9. The molecule has 0 radical (unpaired) electrons. The van der Waals surface area contributed by atoms with Crippen molar-refractivity contribution in [3.05, 3.63) is 95.8 Å². The average molecular weight is 600 g/mol. The van der Waals surface area contributed by atoms with Gasteiger partial charge in [-0.3, -0.25) is 9.59 Å². The number of carbonyl (C=O) groups excluding carboxylic acids is 2. The highest BCUT2D eigenvalue weighted by molar-refractivity contribution is 5.96. The monoisotopic (exact) mass is 599 g/mol. The van der Waals surface area contributed by atoms with E-state index in [4.69, 9.17) is 14.2 Å². The Kier molecular flexibility index (Phi) is 9.53. The van der Waals surface area contributed by atoms with E-state index >= 15 is 0 Å². The van der Waals surface area contributed by atoms with Crippen molar-refractivity contribution in [1.82, 2.24) is 20.0 Å². The molecule has 4 aromatic rings. The fourth-order valence-electron chi connectivity index (χ4n) is 5.04. The molecule has 1 aliphatic heterocycles. The second kappa shape index (κ2) is 13.9. The van der Waals surface area contributed by atoms with Crippen LogP contribution in [0, 0.1) is 5.82 Å². The minimum Gasteiger partial charge on any atom is -0.497 e. The van der Waals surface area contributed by atoms with Gasteiger partial charge in [-0.15, -0.1) is 10.2 Å². The van der Waals surface area contributed by atoms with Crippen molar-refractivity contribution < 1.29 is 28.2 Å². The lowest BCUT2D eigenvalue weighted by atomic mass is 10.1. The van der Waals surface area contributed by atoms with Gasteiger partial charge >= 0.3 is 0 Å². The topological polar surface area (TPSA) is 97.3 Å². The molecule has 0 aliphatic carbocycles. The molecule has 1 fully saturated rings. The Morgan fingerprint density at radius 3 is 2.20 bits per heavy atom. The zero-order valence-electron chi connectivity index (χ0n) is 24.9. The van der Waals surface area contributed by atoms with Crippen LogP contribution in [0.5, 0.6) is 17.2 Å². The van der Waals surface area contributed by atoms with Gasteiger partial charge in [-0.2, -0.15) is 0 Å². The summed E-state index contributed by atoms with van der Waals surface area (Å²) in [7, 11) is 4.72. The molecule has 228 valence electrons. The Labute approximate surface area is 255 Å². The van der Waals surface area contributed by atoms with Crippen molar-refractivity contribution in [3.8, 4) is 28.5 Å². The first kappa shape index (κ1) is 30.3. The molecule has 44 heavy (non-hydrogen) atoms. The lowest BCUT2D eigenvalue weighted by molar-refractivity contribution is -0.132. The maximum absolute atomic E-state index is 13.5. The predicted octanol–water partition coefficient (Wildman–Crippen LogP) is 4.30. The van der Waals surface area contributed by atoms with Crippen LogP contribution in [0.1, 0.15) is 15.9 Å². The molecule has 0 spiro atoms. The Hall–Kier alpha value is -5.19. The van der Waals surface area contributed by atoms with Crippen LogP contribution < -0.4 is 19.1 Å². The number of benzene rings is 3. The lowest BCUT2D eigenvalue weighted by Gasteiger charge is -2.36. The number of piperazine rings is 1. The molecule has 2 heterocycles. The van der Waals surface area contributed by atoms with E-state index in [1.54, 1.807) is 61.6 Å². The van der Waals surface area contributed by atoms with Crippen LogP contribution in [-0.2, 0) is 11.3 Å². The van der Waals surface area contributed by atoms with Gasteiger partial charge in [0.05, 0.1) is 27.0 Å². The van der Waals surface area contributed by atoms with Crippen molar-refractivity contribution in [2.75, 3.05) is 59.0 Å². The van der Waals surface area contributed by atoms with Gasteiger partial charge in [0.1, 0.15) is 29.6 Å². The molecule has 0 saturated carbocycles. The molecule has 5 rings (SSSR count). The Bertz CT molecular complexity index is 1590. The smallest absolute Gasteiger partial charge is 0.254 e. The van der Waals surface area contributed by atoms with Crippen LogP contribution in [0.25, 0.3) is 11.3 Å². The van der Waals surface area contributed by atoms with Gasteiger partial charge < -0.3 is 28.9 Å². The summed E-state index contributed by atoms with van der Waals surface area (Å²) in [6, 6.07) is 22.0.